The first-order valence-electron chi connectivity index (χ1n) is 11.0. The Hall–Kier alpha value is -3.11. The zero-order chi connectivity index (χ0) is 21.6. The molecule has 0 heterocycles. The van der Waals surface area contributed by atoms with Crippen LogP contribution in [-0.4, -0.2) is 23.7 Å². The second-order valence-electron chi connectivity index (χ2n) is 8.19. The summed E-state index contributed by atoms with van der Waals surface area (Å²) in [6, 6.07) is 25.7. The van der Waals surface area contributed by atoms with E-state index in [4.69, 9.17) is 4.74 Å². The lowest BCUT2D eigenvalue weighted by Crippen LogP contribution is -2.33. The summed E-state index contributed by atoms with van der Waals surface area (Å²) in [5.74, 6) is 0.136. The normalized spacial score (nSPS) is 15.5. The van der Waals surface area contributed by atoms with E-state index in [1.165, 1.54) is 6.42 Å². The number of carbonyl (C=O) groups excluding carboxylic acids is 1. The second-order valence-corrected chi connectivity index (χ2v) is 8.19. The summed E-state index contributed by atoms with van der Waals surface area (Å²) >= 11 is 0. The van der Waals surface area contributed by atoms with Crippen LogP contribution >= 0.6 is 0 Å². The molecule has 0 aliphatic heterocycles. The van der Waals surface area contributed by atoms with E-state index in [2.05, 4.69) is 17.4 Å². The van der Waals surface area contributed by atoms with Gasteiger partial charge in [-0.1, -0.05) is 66.7 Å². The summed E-state index contributed by atoms with van der Waals surface area (Å²) < 4.78 is 5.92. The highest BCUT2D eigenvalue weighted by Crippen LogP contribution is 2.28. The summed E-state index contributed by atoms with van der Waals surface area (Å²) in [6.07, 6.45) is 3.92. The number of carbonyl (C=O) groups is 1. The lowest BCUT2D eigenvalue weighted by atomic mass is 9.95. The number of aliphatic hydroxyl groups excluding tert-OH is 1. The van der Waals surface area contributed by atoms with E-state index < -0.39 is 5.92 Å². The van der Waals surface area contributed by atoms with Crippen LogP contribution in [0.5, 0.6) is 5.75 Å². The Morgan fingerprint density at radius 3 is 2.10 bits per heavy atom. The van der Waals surface area contributed by atoms with E-state index in [1.54, 1.807) is 0 Å². The van der Waals surface area contributed by atoms with Crippen molar-refractivity contribution in [3.63, 3.8) is 0 Å². The van der Waals surface area contributed by atoms with E-state index in [-0.39, 0.29) is 18.6 Å². The van der Waals surface area contributed by atoms with Gasteiger partial charge in [0.15, 0.2) is 0 Å². The molecule has 2 atom stereocenters. The van der Waals surface area contributed by atoms with Gasteiger partial charge in [-0.2, -0.15) is 0 Å². The standard InChI is InChI=1S/C27H29NO3/c1-19(20-6-3-2-4-7-20)28-27(30)26(18-29)23-12-10-21(11-13-23)22-14-16-25(17-15-22)31-24-8-5-9-24/h2-4,6-7,10-17,19,24,26,29H,5,8-9,18H2,1H3,(H,28,30). The predicted octanol–water partition coefficient (Wildman–Crippen LogP) is 5.24. The molecule has 1 aliphatic rings. The van der Waals surface area contributed by atoms with Crippen molar-refractivity contribution in [3.8, 4) is 16.9 Å². The average Bonchev–Trinajstić information content (AvgIpc) is 2.78. The molecule has 1 amide bonds. The van der Waals surface area contributed by atoms with E-state index >= 15 is 0 Å². The Kier molecular flexibility index (Phi) is 6.68. The molecule has 2 unspecified atom stereocenters. The molecule has 1 saturated carbocycles. The Labute approximate surface area is 183 Å². The summed E-state index contributed by atoms with van der Waals surface area (Å²) in [4.78, 5) is 12.8. The van der Waals surface area contributed by atoms with Gasteiger partial charge in [0.25, 0.3) is 0 Å². The molecule has 4 rings (SSSR count). The Morgan fingerprint density at radius 1 is 0.935 bits per heavy atom. The highest BCUT2D eigenvalue weighted by molar-refractivity contribution is 5.84. The molecule has 0 saturated heterocycles. The average molecular weight is 416 g/mol. The van der Waals surface area contributed by atoms with Gasteiger partial charge in [-0.05, 0) is 60.6 Å². The molecule has 0 bridgehead atoms. The van der Waals surface area contributed by atoms with Gasteiger partial charge in [-0.3, -0.25) is 4.79 Å². The van der Waals surface area contributed by atoms with Gasteiger partial charge in [0.1, 0.15) is 5.75 Å². The van der Waals surface area contributed by atoms with Gasteiger partial charge in [0.05, 0.1) is 24.7 Å². The maximum Gasteiger partial charge on any atom is 0.230 e. The minimum absolute atomic E-state index is 0.123. The van der Waals surface area contributed by atoms with E-state index in [0.717, 1.165) is 40.8 Å². The van der Waals surface area contributed by atoms with Crippen molar-refractivity contribution < 1.29 is 14.6 Å². The van der Waals surface area contributed by atoms with Crippen molar-refractivity contribution >= 4 is 5.91 Å². The molecular formula is C27H29NO3. The third-order valence-electron chi connectivity index (χ3n) is 6.01. The van der Waals surface area contributed by atoms with Crippen LogP contribution in [0, 0.1) is 0 Å². The summed E-state index contributed by atoms with van der Waals surface area (Å²) in [6.45, 7) is 1.71. The summed E-state index contributed by atoms with van der Waals surface area (Å²) in [5.41, 5.74) is 3.99. The first-order chi connectivity index (χ1) is 15.1. The smallest absolute Gasteiger partial charge is 0.230 e. The molecule has 2 N–H and O–H groups in total. The maximum atomic E-state index is 12.8. The number of nitrogens with one attached hydrogen (secondary N) is 1. The van der Waals surface area contributed by atoms with Crippen LogP contribution in [0.3, 0.4) is 0 Å². The third kappa shape index (κ3) is 5.15. The molecule has 0 aromatic heterocycles. The van der Waals surface area contributed by atoms with E-state index in [0.29, 0.717) is 6.10 Å². The monoisotopic (exact) mass is 415 g/mol. The lowest BCUT2D eigenvalue weighted by molar-refractivity contribution is -0.124. The zero-order valence-electron chi connectivity index (χ0n) is 17.8. The molecule has 4 nitrogen and oxygen atoms in total. The van der Waals surface area contributed by atoms with Gasteiger partial charge >= 0.3 is 0 Å². The maximum absolute atomic E-state index is 12.8. The van der Waals surface area contributed by atoms with Gasteiger partial charge in [0, 0.05) is 0 Å². The van der Waals surface area contributed by atoms with E-state index in [9.17, 15) is 9.90 Å². The van der Waals surface area contributed by atoms with Crippen LogP contribution < -0.4 is 10.1 Å². The van der Waals surface area contributed by atoms with Crippen molar-refractivity contribution in [1.82, 2.24) is 5.32 Å². The number of hydrogen-bond acceptors (Lipinski definition) is 3. The number of hydrogen-bond donors (Lipinski definition) is 2. The molecule has 0 radical (unpaired) electrons. The van der Waals surface area contributed by atoms with E-state index in [1.807, 2.05) is 73.7 Å². The van der Waals surface area contributed by atoms with Crippen LogP contribution in [0.1, 0.15) is 49.3 Å². The molecule has 31 heavy (non-hydrogen) atoms. The third-order valence-corrected chi connectivity index (χ3v) is 6.01. The fraction of sp³-hybridized carbons (Fsp3) is 0.296. The lowest BCUT2D eigenvalue weighted by Gasteiger charge is -2.26. The van der Waals surface area contributed by atoms with Gasteiger partial charge in [0.2, 0.25) is 5.91 Å². The molecule has 1 aliphatic carbocycles. The van der Waals surface area contributed by atoms with Crippen molar-refractivity contribution in [2.45, 2.75) is 44.2 Å². The number of rotatable bonds is 8. The molecular weight excluding hydrogens is 386 g/mol. The minimum atomic E-state index is -0.599. The van der Waals surface area contributed by atoms with Gasteiger partial charge in [-0.15, -0.1) is 0 Å². The van der Waals surface area contributed by atoms with Crippen LogP contribution in [0.2, 0.25) is 0 Å². The minimum Gasteiger partial charge on any atom is -0.490 e. The molecule has 0 spiro atoms. The van der Waals surface area contributed by atoms with Gasteiger partial charge < -0.3 is 15.2 Å². The largest absolute Gasteiger partial charge is 0.490 e. The number of ether oxygens (including phenoxy) is 1. The Bertz CT molecular complexity index is 979. The fourth-order valence-corrected chi connectivity index (χ4v) is 3.79. The first-order valence-corrected chi connectivity index (χ1v) is 11.0. The summed E-state index contributed by atoms with van der Waals surface area (Å²) in [5, 5.41) is 12.9. The molecule has 4 heteroatoms. The Morgan fingerprint density at radius 2 is 1.55 bits per heavy atom. The first kappa shape index (κ1) is 21.1. The molecule has 1 fully saturated rings. The van der Waals surface area contributed by atoms with Crippen molar-refractivity contribution in [2.75, 3.05) is 6.61 Å². The highest BCUT2D eigenvalue weighted by atomic mass is 16.5. The predicted molar refractivity (Wildman–Crippen MR) is 123 cm³/mol. The number of benzene rings is 3. The van der Waals surface area contributed by atoms with Crippen LogP contribution in [0.15, 0.2) is 78.9 Å². The number of aliphatic hydroxyl groups is 1. The molecule has 160 valence electrons. The molecule has 3 aromatic carbocycles. The second kappa shape index (κ2) is 9.80. The van der Waals surface area contributed by atoms with Crippen molar-refractivity contribution in [2.24, 2.45) is 0 Å². The van der Waals surface area contributed by atoms with Crippen LogP contribution in [0.4, 0.5) is 0 Å². The fourth-order valence-electron chi connectivity index (χ4n) is 3.79. The zero-order valence-corrected chi connectivity index (χ0v) is 17.8. The topological polar surface area (TPSA) is 58.6 Å². The Balaban J connectivity index is 1.41. The highest BCUT2D eigenvalue weighted by Gasteiger charge is 2.22. The molecule has 3 aromatic rings. The van der Waals surface area contributed by atoms with Crippen molar-refractivity contribution in [3.05, 3.63) is 90.0 Å². The summed E-state index contributed by atoms with van der Waals surface area (Å²) in [7, 11) is 0. The quantitative estimate of drug-likeness (QED) is 0.529. The van der Waals surface area contributed by atoms with Gasteiger partial charge in [-0.25, -0.2) is 0 Å². The SMILES string of the molecule is CC(NC(=O)C(CO)c1ccc(-c2ccc(OC3CCC3)cc2)cc1)c1ccccc1. The van der Waals surface area contributed by atoms with Crippen LogP contribution in [0.25, 0.3) is 11.1 Å². The van der Waals surface area contributed by atoms with Crippen LogP contribution in [-0.2, 0) is 4.79 Å². The van der Waals surface area contributed by atoms with Crippen molar-refractivity contribution in [1.29, 1.82) is 0 Å². The number of amides is 1.